The Balaban J connectivity index is 1.31. The number of hydrogen-bond donors (Lipinski definition) is 1. The van der Waals surface area contributed by atoms with E-state index in [-0.39, 0.29) is 6.03 Å². The highest BCUT2D eigenvalue weighted by Gasteiger charge is 2.23. The van der Waals surface area contributed by atoms with Gasteiger partial charge in [0.15, 0.2) is 5.65 Å². The zero-order valence-corrected chi connectivity index (χ0v) is 20.0. The van der Waals surface area contributed by atoms with Gasteiger partial charge in [0.1, 0.15) is 11.3 Å². The number of piperazine rings is 1. The van der Waals surface area contributed by atoms with Crippen molar-refractivity contribution in [3.05, 3.63) is 83.3 Å². The first-order valence-corrected chi connectivity index (χ1v) is 11.7. The van der Waals surface area contributed by atoms with Crippen LogP contribution in [0.5, 0.6) is 0 Å². The molecular weight excluding hydrogens is 424 g/mol. The summed E-state index contributed by atoms with van der Waals surface area (Å²) < 4.78 is 2.17. The van der Waals surface area contributed by atoms with Crippen LogP contribution in [0.3, 0.4) is 0 Å². The Kier molecular flexibility index (Phi) is 6.02. The van der Waals surface area contributed by atoms with Crippen LogP contribution in [0, 0.1) is 20.8 Å². The minimum absolute atomic E-state index is 0.0461. The molecule has 0 spiro atoms. The highest BCUT2D eigenvalue weighted by Crippen LogP contribution is 2.23. The number of nitrogens with zero attached hydrogens (tertiary/aromatic N) is 5. The fraction of sp³-hybridized carbons (Fsp3) is 0.296. The molecule has 5 rings (SSSR count). The molecule has 1 saturated heterocycles. The maximum atomic E-state index is 12.7. The summed E-state index contributed by atoms with van der Waals surface area (Å²) in [6.07, 6.45) is 1.82. The molecule has 174 valence electrons. The van der Waals surface area contributed by atoms with E-state index >= 15 is 0 Å². The summed E-state index contributed by atoms with van der Waals surface area (Å²) in [6, 6.07) is 18.3. The molecule has 2 amide bonds. The highest BCUT2D eigenvalue weighted by atomic mass is 16.2. The third kappa shape index (κ3) is 4.65. The molecule has 1 aliphatic rings. The summed E-state index contributed by atoms with van der Waals surface area (Å²) in [6.45, 7) is 9.92. The summed E-state index contributed by atoms with van der Waals surface area (Å²) in [5.41, 5.74) is 7.29. The van der Waals surface area contributed by atoms with E-state index in [0.29, 0.717) is 19.6 Å². The second kappa shape index (κ2) is 9.27. The number of amides is 2. The Hall–Kier alpha value is -3.71. The monoisotopic (exact) mass is 454 g/mol. The van der Waals surface area contributed by atoms with Gasteiger partial charge in [-0.25, -0.2) is 14.8 Å². The lowest BCUT2D eigenvalue weighted by Gasteiger charge is -2.34. The van der Waals surface area contributed by atoms with Crippen molar-refractivity contribution >= 4 is 22.9 Å². The van der Waals surface area contributed by atoms with Gasteiger partial charge >= 0.3 is 6.03 Å². The first kappa shape index (κ1) is 22.1. The lowest BCUT2D eigenvalue weighted by Crippen LogP contribution is -2.49. The number of imidazole rings is 1. The topological polar surface area (TPSA) is 66.3 Å². The van der Waals surface area contributed by atoms with Gasteiger partial charge in [-0.05, 0) is 68.3 Å². The molecule has 0 radical (unpaired) electrons. The number of pyridine rings is 1. The molecule has 7 nitrogen and oxygen atoms in total. The number of rotatable bonds is 4. The number of aromatic nitrogens is 3. The van der Waals surface area contributed by atoms with E-state index in [4.69, 9.17) is 4.98 Å². The van der Waals surface area contributed by atoms with Crippen LogP contribution in [0.15, 0.2) is 60.8 Å². The molecule has 0 unspecified atom stereocenters. The van der Waals surface area contributed by atoms with Gasteiger partial charge < -0.3 is 10.2 Å². The molecule has 4 aromatic rings. The second-order valence-electron chi connectivity index (χ2n) is 9.11. The van der Waals surface area contributed by atoms with Crippen molar-refractivity contribution in [2.24, 2.45) is 0 Å². The van der Waals surface area contributed by atoms with E-state index < -0.39 is 0 Å². The predicted molar refractivity (Wildman–Crippen MR) is 135 cm³/mol. The number of benzene rings is 2. The Morgan fingerprint density at radius 3 is 2.32 bits per heavy atom. The fourth-order valence-corrected chi connectivity index (χ4v) is 4.56. The van der Waals surface area contributed by atoms with Crippen LogP contribution in [-0.2, 0) is 6.54 Å². The number of nitrogens with one attached hydrogen (secondary N) is 1. The van der Waals surface area contributed by atoms with Crippen LogP contribution in [0.4, 0.5) is 10.5 Å². The molecule has 3 heterocycles. The smallest absolute Gasteiger partial charge is 0.321 e. The van der Waals surface area contributed by atoms with Crippen molar-refractivity contribution in [3.8, 4) is 5.69 Å². The van der Waals surface area contributed by atoms with E-state index in [1.165, 1.54) is 16.7 Å². The number of anilines is 1. The summed E-state index contributed by atoms with van der Waals surface area (Å²) in [5.74, 6) is 0.969. The van der Waals surface area contributed by atoms with Crippen LogP contribution in [0.1, 0.15) is 22.5 Å². The number of fused-ring (bicyclic) bond motifs is 1. The third-order valence-corrected chi connectivity index (χ3v) is 6.28. The molecular formula is C27H30N6O. The van der Waals surface area contributed by atoms with Gasteiger partial charge in [-0.15, -0.1) is 0 Å². The predicted octanol–water partition coefficient (Wildman–Crippen LogP) is 4.70. The molecule has 1 aliphatic heterocycles. The van der Waals surface area contributed by atoms with Gasteiger partial charge in [-0.3, -0.25) is 9.47 Å². The van der Waals surface area contributed by atoms with Crippen molar-refractivity contribution in [1.82, 2.24) is 24.3 Å². The Morgan fingerprint density at radius 1 is 0.912 bits per heavy atom. The van der Waals surface area contributed by atoms with Crippen LogP contribution in [0.2, 0.25) is 0 Å². The van der Waals surface area contributed by atoms with Crippen LogP contribution in [-0.4, -0.2) is 56.5 Å². The van der Waals surface area contributed by atoms with E-state index in [9.17, 15) is 4.79 Å². The molecule has 7 heteroatoms. The molecule has 1 fully saturated rings. The van der Waals surface area contributed by atoms with E-state index in [2.05, 4.69) is 51.8 Å². The molecule has 0 aliphatic carbocycles. The first-order valence-electron chi connectivity index (χ1n) is 11.7. The molecule has 2 aromatic heterocycles. The standard InChI is InChI=1S/C27H30N6O/c1-19-6-8-22(9-7-19)29-27(34)32-13-11-31(12-14-32)18-25-30-24-5-4-10-28-26(24)33(25)23-16-20(2)15-21(3)17-23/h4-10,15-17H,11-14,18H2,1-3H3,(H,29,34). The van der Waals surface area contributed by atoms with Crippen molar-refractivity contribution in [2.75, 3.05) is 31.5 Å². The van der Waals surface area contributed by atoms with Gasteiger partial charge in [0.2, 0.25) is 0 Å². The quantitative estimate of drug-likeness (QED) is 0.486. The van der Waals surface area contributed by atoms with Crippen molar-refractivity contribution in [3.63, 3.8) is 0 Å². The molecule has 0 atom stereocenters. The minimum atomic E-state index is -0.0461. The van der Waals surface area contributed by atoms with E-state index in [0.717, 1.165) is 41.5 Å². The fourth-order valence-electron chi connectivity index (χ4n) is 4.56. The van der Waals surface area contributed by atoms with Crippen molar-refractivity contribution in [2.45, 2.75) is 27.3 Å². The van der Waals surface area contributed by atoms with Gasteiger partial charge in [0.05, 0.1) is 6.54 Å². The van der Waals surface area contributed by atoms with Crippen molar-refractivity contribution < 1.29 is 4.79 Å². The average molecular weight is 455 g/mol. The van der Waals surface area contributed by atoms with E-state index in [1.807, 2.05) is 54.4 Å². The normalized spacial score (nSPS) is 14.5. The lowest BCUT2D eigenvalue weighted by molar-refractivity contribution is 0.140. The average Bonchev–Trinajstić information content (AvgIpc) is 3.18. The van der Waals surface area contributed by atoms with Crippen molar-refractivity contribution in [1.29, 1.82) is 0 Å². The van der Waals surface area contributed by atoms with E-state index in [1.54, 1.807) is 0 Å². The lowest BCUT2D eigenvalue weighted by atomic mass is 10.1. The van der Waals surface area contributed by atoms with Crippen LogP contribution in [0.25, 0.3) is 16.9 Å². The number of carbonyl (C=O) groups excluding carboxylic acids is 1. The zero-order chi connectivity index (χ0) is 23.7. The molecule has 34 heavy (non-hydrogen) atoms. The maximum absolute atomic E-state index is 12.7. The molecule has 2 aromatic carbocycles. The van der Waals surface area contributed by atoms with Gasteiger partial charge in [-0.1, -0.05) is 23.8 Å². The second-order valence-corrected chi connectivity index (χ2v) is 9.11. The summed E-state index contributed by atoms with van der Waals surface area (Å²) in [5, 5.41) is 3.01. The molecule has 0 bridgehead atoms. The SMILES string of the molecule is Cc1ccc(NC(=O)N2CCN(Cc3nc4cccnc4n3-c3cc(C)cc(C)c3)CC2)cc1. The van der Waals surface area contributed by atoms with Crippen LogP contribution >= 0.6 is 0 Å². The number of hydrogen-bond acceptors (Lipinski definition) is 4. The Morgan fingerprint density at radius 2 is 1.62 bits per heavy atom. The molecule has 1 N–H and O–H groups in total. The Bertz CT molecular complexity index is 1300. The number of aryl methyl sites for hydroxylation is 3. The van der Waals surface area contributed by atoms with Crippen LogP contribution < -0.4 is 5.32 Å². The number of carbonyl (C=O) groups is 1. The first-order chi connectivity index (χ1) is 16.5. The maximum Gasteiger partial charge on any atom is 0.321 e. The van der Waals surface area contributed by atoms with Gasteiger partial charge in [0.25, 0.3) is 0 Å². The van der Waals surface area contributed by atoms with Gasteiger partial charge in [0, 0.05) is 43.8 Å². The highest BCUT2D eigenvalue weighted by molar-refractivity contribution is 5.89. The van der Waals surface area contributed by atoms with Gasteiger partial charge in [-0.2, -0.15) is 0 Å². The molecule has 0 saturated carbocycles. The minimum Gasteiger partial charge on any atom is -0.322 e. The summed E-state index contributed by atoms with van der Waals surface area (Å²) >= 11 is 0. The largest absolute Gasteiger partial charge is 0.322 e. The third-order valence-electron chi connectivity index (χ3n) is 6.28. The zero-order valence-electron chi connectivity index (χ0n) is 20.0. The summed E-state index contributed by atoms with van der Waals surface area (Å²) in [4.78, 5) is 26.5. The number of urea groups is 1. The Labute approximate surface area is 200 Å². The summed E-state index contributed by atoms with van der Waals surface area (Å²) in [7, 11) is 0.